The predicted molar refractivity (Wildman–Crippen MR) is 164 cm³/mol. The van der Waals surface area contributed by atoms with Crippen molar-refractivity contribution >= 4 is 0 Å². The maximum Gasteiger partial charge on any atom is 0.0403 e. The minimum absolute atomic E-state index is 0.189. The van der Waals surface area contributed by atoms with Crippen LogP contribution in [0.25, 0.3) is 0 Å². The molecule has 1 aliphatic rings. The van der Waals surface area contributed by atoms with Gasteiger partial charge < -0.3 is 10.2 Å². The van der Waals surface area contributed by atoms with E-state index in [4.69, 9.17) is 0 Å². The van der Waals surface area contributed by atoms with Gasteiger partial charge in [-0.05, 0) is 44.7 Å². The van der Waals surface area contributed by atoms with Gasteiger partial charge in [0.1, 0.15) is 0 Å². The molecule has 0 spiro atoms. The molecule has 2 nitrogen and oxygen atoms in total. The molecule has 0 aliphatic heterocycles. The molecule has 1 N–H and O–H groups in total. The van der Waals surface area contributed by atoms with E-state index in [0.29, 0.717) is 0 Å². The fourth-order valence-electron chi connectivity index (χ4n) is 5.60. The van der Waals surface area contributed by atoms with Crippen LogP contribution in [0.2, 0.25) is 0 Å². The fraction of sp³-hybridized carbons (Fsp3) is 0.882. The molecule has 2 heteroatoms. The Bertz CT molecular complexity index is 523. The zero-order chi connectivity index (χ0) is 26.2. The lowest BCUT2D eigenvalue weighted by atomic mass is 9.84. The van der Waals surface area contributed by atoms with Crippen molar-refractivity contribution in [1.82, 2.24) is 10.2 Å². The van der Waals surface area contributed by atoms with E-state index in [1.165, 1.54) is 167 Å². The maximum atomic E-state index is 4.05. The summed E-state index contributed by atoms with van der Waals surface area (Å²) >= 11 is 0. The van der Waals surface area contributed by atoms with Gasteiger partial charge in [0.05, 0.1) is 0 Å². The number of hydrogen-bond donors (Lipinski definition) is 1. The highest BCUT2D eigenvalue weighted by molar-refractivity contribution is 5.29. The summed E-state index contributed by atoms with van der Waals surface area (Å²) < 4.78 is 0. The Hall–Kier alpha value is -0.760. The van der Waals surface area contributed by atoms with Gasteiger partial charge in [0.2, 0.25) is 0 Å². The second kappa shape index (κ2) is 23.4. The second-order valence-electron chi connectivity index (χ2n) is 11.6. The summed E-state index contributed by atoms with van der Waals surface area (Å²) in [5.74, 6) is 0. The largest absolute Gasteiger partial charge is 0.372 e. The average molecular weight is 503 g/mol. The van der Waals surface area contributed by atoms with Crippen LogP contribution < -0.4 is 5.32 Å². The van der Waals surface area contributed by atoms with Gasteiger partial charge in [-0.3, -0.25) is 0 Å². The summed E-state index contributed by atoms with van der Waals surface area (Å²) in [6.45, 7) is 12.9. The van der Waals surface area contributed by atoms with Gasteiger partial charge in [0, 0.05) is 24.3 Å². The molecule has 0 saturated carbocycles. The molecule has 1 rings (SSSR count). The first kappa shape index (κ1) is 33.3. The van der Waals surface area contributed by atoms with Crippen LogP contribution in [-0.2, 0) is 0 Å². The molecular weight excluding hydrogens is 436 g/mol. The average Bonchev–Trinajstić information content (AvgIpc) is 2.90. The van der Waals surface area contributed by atoms with Crippen molar-refractivity contribution in [3.63, 3.8) is 0 Å². The summed E-state index contributed by atoms with van der Waals surface area (Å²) in [5, 5.41) is 4.05. The normalized spacial score (nSPS) is 17.5. The van der Waals surface area contributed by atoms with E-state index < -0.39 is 0 Å². The van der Waals surface area contributed by atoms with Gasteiger partial charge in [-0.1, -0.05) is 149 Å². The molecular formula is C34H66N2. The van der Waals surface area contributed by atoms with Crippen molar-refractivity contribution in [3.05, 3.63) is 23.9 Å². The van der Waals surface area contributed by atoms with E-state index in [1.807, 2.05) is 0 Å². The molecule has 36 heavy (non-hydrogen) atoms. The first-order chi connectivity index (χ1) is 17.7. The Balaban J connectivity index is 2.69. The van der Waals surface area contributed by atoms with Crippen LogP contribution in [-0.4, -0.2) is 30.1 Å². The maximum absolute atomic E-state index is 4.05. The lowest BCUT2D eigenvalue weighted by molar-refractivity contribution is 0.314. The predicted octanol–water partition coefficient (Wildman–Crippen LogP) is 10.7. The van der Waals surface area contributed by atoms with Crippen LogP contribution in [0, 0.1) is 0 Å². The number of hydrogen-bond acceptors (Lipinski definition) is 2. The number of nitrogens with one attached hydrogen (secondary N) is 1. The molecule has 0 radical (unpaired) electrons. The monoisotopic (exact) mass is 503 g/mol. The molecule has 0 amide bonds. The van der Waals surface area contributed by atoms with E-state index in [9.17, 15) is 0 Å². The molecule has 0 saturated heterocycles. The molecule has 0 aromatic rings. The van der Waals surface area contributed by atoms with Crippen LogP contribution in [0.3, 0.4) is 0 Å². The molecule has 1 unspecified atom stereocenters. The van der Waals surface area contributed by atoms with Gasteiger partial charge in [-0.25, -0.2) is 0 Å². The summed E-state index contributed by atoms with van der Waals surface area (Å²) in [5.41, 5.74) is 1.70. The van der Waals surface area contributed by atoms with Crippen molar-refractivity contribution in [1.29, 1.82) is 0 Å². The van der Waals surface area contributed by atoms with Crippen molar-refractivity contribution < 1.29 is 0 Å². The second-order valence-corrected chi connectivity index (χ2v) is 11.6. The van der Waals surface area contributed by atoms with Gasteiger partial charge in [-0.15, -0.1) is 0 Å². The molecule has 212 valence electrons. The Morgan fingerprint density at radius 2 is 1.08 bits per heavy atom. The van der Waals surface area contributed by atoms with E-state index in [0.717, 1.165) is 0 Å². The third-order valence-electron chi connectivity index (χ3n) is 8.16. The van der Waals surface area contributed by atoms with Crippen molar-refractivity contribution in [2.24, 2.45) is 0 Å². The Kier molecular flexibility index (Phi) is 21.6. The number of unbranched alkanes of at least 4 members (excludes halogenated alkanes) is 16. The number of rotatable bonds is 26. The van der Waals surface area contributed by atoms with E-state index in [-0.39, 0.29) is 5.54 Å². The van der Waals surface area contributed by atoms with Gasteiger partial charge in [0.15, 0.2) is 0 Å². The first-order valence-electron chi connectivity index (χ1n) is 16.6. The standard InChI is InChI=1S/C34H66N2/c1-5-9-13-17-21-27-34(35-30-22-18-14-10-6-2)28-25-33(26-29-34)36(31-23-19-15-11-7-3)32-24-20-16-12-8-4/h25-26,28,35H,5-24,27,29-32H2,1-4H3. The summed E-state index contributed by atoms with van der Waals surface area (Å²) in [6.07, 6.45) is 37.5. The molecule has 0 aromatic heterocycles. The lowest BCUT2D eigenvalue weighted by Crippen LogP contribution is -2.45. The van der Waals surface area contributed by atoms with Crippen molar-refractivity contribution in [2.75, 3.05) is 19.6 Å². The lowest BCUT2D eigenvalue weighted by Gasteiger charge is -2.36. The SMILES string of the molecule is CCCCCCCNC1(CCCCCCC)C=CC(N(CCCCCCC)CCCCCCC)=CC1. The van der Waals surface area contributed by atoms with Crippen LogP contribution in [0.5, 0.6) is 0 Å². The molecule has 1 aliphatic carbocycles. The highest BCUT2D eigenvalue weighted by Gasteiger charge is 2.28. The van der Waals surface area contributed by atoms with Gasteiger partial charge in [-0.2, -0.15) is 0 Å². The highest BCUT2D eigenvalue weighted by atomic mass is 15.1. The zero-order valence-electron chi connectivity index (χ0n) is 25.4. The van der Waals surface area contributed by atoms with Crippen LogP contribution in [0.15, 0.2) is 23.9 Å². The number of nitrogens with zero attached hydrogens (tertiary/aromatic N) is 1. The third kappa shape index (κ3) is 16.2. The summed E-state index contributed by atoms with van der Waals surface area (Å²) in [4.78, 5) is 2.73. The number of allylic oxidation sites excluding steroid dienone is 1. The molecule has 0 bridgehead atoms. The van der Waals surface area contributed by atoms with Gasteiger partial charge >= 0.3 is 0 Å². The van der Waals surface area contributed by atoms with E-state index in [2.05, 4.69) is 56.1 Å². The Morgan fingerprint density at radius 1 is 0.611 bits per heavy atom. The van der Waals surface area contributed by atoms with Gasteiger partial charge in [0.25, 0.3) is 0 Å². The quantitative estimate of drug-likeness (QED) is 0.118. The third-order valence-corrected chi connectivity index (χ3v) is 8.16. The Morgan fingerprint density at radius 3 is 1.56 bits per heavy atom. The molecule has 0 aromatic carbocycles. The topological polar surface area (TPSA) is 15.3 Å². The highest BCUT2D eigenvalue weighted by Crippen LogP contribution is 2.29. The first-order valence-corrected chi connectivity index (χ1v) is 16.6. The fourth-order valence-corrected chi connectivity index (χ4v) is 5.60. The van der Waals surface area contributed by atoms with Crippen LogP contribution in [0.4, 0.5) is 0 Å². The minimum Gasteiger partial charge on any atom is -0.372 e. The Labute approximate surface area is 228 Å². The molecule has 1 atom stereocenters. The molecule has 0 heterocycles. The van der Waals surface area contributed by atoms with Crippen molar-refractivity contribution in [3.8, 4) is 0 Å². The smallest absolute Gasteiger partial charge is 0.0403 e. The van der Waals surface area contributed by atoms with Crippen molar-refractivity contribution in [2.45, 2.75) is 174 Å². The zero-order valence-corrected chi connectivity index (χ0v) is 25.4. The van der Waals surface area contributed by atoms with E-state index >= 15 is 0 Å². The summed E-state index contributed by atoms with van der Waals surface area (Å²) in [6, 6.07) is 0. The molecule has 0 fully saturated rings. The summed E-state index contributed by atoms with van der Waals surface area (Å²) in [7, 11) is 0. The van der Waals surface area contributed by atoms with E-state index in [1.54, 1.807) is 0 Å². The van der Waals surface area contributed by atoms with Crippen LogP contribution >= 0.6 is 0 Å². The minimum atomic E-state index is 0.189. The van der Waals surface area contributed by atoms with Crippen LogP contribution in [0.1, 0.15) is 169 Å².